The van der Waals surface area contributed by atoms with Crippen molar-refractivity contribution in [2.24, 2.45) is 5.73 Å². The van der Waals surface area contributed by atoms with Crippen molar-refractivity contribution in [3.63, 3.8) is 0 Å². The van der Waals surface area contributed by atoms with Crippen LogP contribution in [0.3, 0.4) is 0 Å². The number of nitrogens with two attached hydrogens (primary N) is 1. The fraction of sp³-hybridized carbons (Fsp3) is 0.471. The van der Waals surface area contributed by atoms with E-state index in [2.05, 4.69) is 23.7 Å². The standard InChI is InChI=1S/C17H23N5O/c1-12(2)17-19-8-10-22(17)16-7-3-5-13(20-16)14-6-4-9-21(14)11-15(18)23/h3,5,7-8,10,12,14H,4,6,9,11H2,1-2H3,(H2,18,23)/t14-/m1/s1. The number of carbonyl (C=O) groups excluding carboxylic acids is 1. The predicted octanol–water partition coefficient (Wildman–Crippen LogP) is 2.01. The minimum absolute atomic E-state index is 0.161. The minimum atomic E-state index is -0.287. The molecule has 1 atom stereocenters. The van der Waals surface area contributed by atoms with Crippen LogP contribution in [0, 0.1) is 0 Å². The van der Waals surface area contributed by atoms with Crippen molar-refractivity contribution in [2.45, 2.75) is 38.6 Å². The Labute approximate surface area is 136 Å². The summed E-state index contributed by atoms with van der Waals surface area (Å²) in [7, 11) is 0. The van der Waals surface area contributed by atoms with Crippen LogP contribution in [0.15, 0.2) is 30.6 Å². The van der Waals surface area contributed by atoms with Gasteiger partial charge in [0.2, 0.25) is 5.91 Å². The van der Waals surface area contributed by atoms with Gasteiger partial charge in [-0.2, -0.15) is 0 Å². The molecule has 3 heterocycles. The number of pyridine rings is 1. The molecule has 2 aromatic heterocycles. The molecule has 0 aliphatic carbocycles. The molecule has 1 fully saturated rings. The van der Waals surface area contributed by atoms with Crippen LogP contribution >= 0.6 is 0 Å². The van der Waals surface area contributed by atoms with Crippen molar-refractivity contribution in [1.82, 2.24) is 19.4 Å². The van der Waals surface area contributed by atoms with Gasteiger partial charge in [-0.05, 0) is 31.5 Å². The molecule has 0 bridgehead atoms. The van der Waals surface area contributed by atoms with Gasteiger partial charge in [-0.1, -0.05) is 19.9 Å². The highest BCUT2D eigenvalue weighted by molar-refractivity contribution is 5.76. The lowest BCUT2D eigenvalue weighted by Gasteiger charge is -2.23. The molecule has 23 heavy (non-hydrogen) atoms. The molecule has 0 radical (unpaired) electrons. The van der Waals surface area contributed by atoms with E-state index >= 15 is 0 Å². The summed E-state index contributed by atoms with van der Waals surface area (Å²) in [5.74, 6) is 1.91. The van der Waals surface area contributed by atoms with Gasteiger partial charge in [-0.15, -0.1) is 0 Å². The second-order valence-corrected chi connectivity index (χ2v) is 6.33. The van der Waals surface area contributed by atoms with E-state index in [0.717, 1.165) is 36.7 Å². The van der Waals surface area contributed by atoms with Crippen molar-refractivity contribution < 1.29 is 4.79 Å². The zero-order chi connectivity index (χ0) is 16.4. The molecule has 6 nitrogen and oxygen atoms in total. The summed E-state index contributed by atoms with van der Waals surface area (Å²) in [6, 6.07) is 6.19. The van der Waals surface area contributed by atoms with E-state index in [0.29, 0.717) is 12.5 Å². The number of aromatic nitrogens is 3. The molecule has 122 valence electrons. The summed E-state index contributed by atoms with van der Waals surface area (Å²) in [4.78, 5) is 22.6. The Morgan fingerprint density at radius 3 is 3.00 bits per heavy atom. The van der Waals surface area contributed by atoms with Gasteiger partial charge in [0.1, 0.15) is 11.6 Å². The van der Waals surface area contributed by atoms with Gasteiger partial charge in [0.05, 0.1) is 18.3 Å². The maximum absolute atomic E-state index is 11.3. The number of rotatable bonds is 5. The zero-order valence-corrected chi connectivity index (χ0v) is 13.6. The highest BCUT2D eigenvalue weighted by atomic mass is 16.1. The van der Waals surface area contributed by atoms with E-state index in [1.54, 1.807) is 6.20 Å². The van der Waals surface area contributed by atoms with E-state index in [4.69, 9.17) is 10.7 Å². The zero-order valence-electron chi connectivity index (χ0n) is 13.6. The van der Waals surface area contributed by atoms with Crippen LogP contribution in [0.2, 0.25) is 0 Å². The number of primary amides is 1. The van der Waals surface area contributed by atoms with Crippen LogP contribution in [0.4, 0.5) is 0 Å². The van der Waals surface area contributed by atoms with E-state index in [-0.39, 0.29) is 11.9 Å². The third-order valence-corrected chi connectivity index (χ3v) is 4.25. The Hall–Kier alpha value is -2.21. The first-order valence-corrected chi connectivity index (χ1v) is 8.09. The summed E-state index contributed by atoms with van der Waals surface area (Å²) >= 11 is 0. The molecule has 0 saturated carbocycles. The summed E-state index contributed by atoms with van der Waals surface area (Å²) in [5.41, 5.74) is 6.35. The molecule has 2 N–H and O–H groups in total. The second-order valence-electron chi connectivity index (χ2n) is 6.33. The van der Waals surface area contributed by atoms with Gasteiger partial charge in [-0.25, -0.2) is 9.97 Å². The number of imidazole rings is 1. The Morgan fingerprint density at radius 2 is 2.26 bits per heavy atom. The monoisotopic (exact) mass is 313 g/mol. The topological polar surface area (TPSA) is 77.0 Å². The second kappa shape index (κ2) is 6.50. The van der Waals surface area contributed by atoms with E-state index in [1.807, 2.05) is 29.0 Å². The SMILES string of the molecule is CC(C)c1nccn1-c1cccc([C@H]2CCCN2CC(N)=O)n1. The normalized spacial score (nSPS) is 18.7. The Bertz CT molecular complexity index is 694. The molecule has 0 spiro atoms. The van der Waals surface area contributed by atoms with Crippen LogP contribution in [0.25, 0.3) is 5.82 Å². The lowest BCUT2D eigenvalue weighted by Crippen LogP contribution is -2.33. The number of hydrogen-bond donors (Lipinski definition) is 1. The maximum atomic E-state index is 11.3. The van der Waals surface area contributed by atoms with Crippen molar-refractivity contribution in [2.75, 3.05) is 13.1 Å². The summed E-state index contributed by atoms with van der Waals surface area (Å²) in [5, 5.41) is 0. The van der Waals surface area contributed by atoms with Gasteiger partial charge in [0, 0.05) is 18.3 Å². The quantitative estimate of drug-likeness (QED) is 0.916. The van der Waals surface area contributed by atoms with E-state index in [9.17, 15) is 4.79 Å². The molecule has 3 rings (SSSR count). The van der Waals surface area contributed by atoms with Crippen LogP contribution in [0.5, 0.6) is 0 Å². The smallest absolute Gasteiger partial charge is 0.231 e. The third kappa shape index (κ3) is 3.27. The van der Waals surface area contributed by atoms with Gasteiger partial charge < -0.3 is 5.73 Å². The third-order valence-electron chi connectivity index (χ3n) is 4.25. The Kier molecular flexibility index (Phi) is 4.43. The molecule has 6 heteroatoms. The van der Waals surface area contributed by atoms with Gasteiger partial charge in [-0.3, -0.25) is 14.3 Å². The van der Waals surface area contributed by atoms with Crippen LogP contribution in [-0.4, -0.2) is 38.4 Å². The Balaban J connectivity index is 1.91. The van der Waals surface area contributed by atoms with Crippen LogP contribution in [-0.2, 0) is 4.79 Å². The molecule has 2 aromatic rings. The lowest BCUT2D eigenvalue weighted by molar-refractivity contribution is -0.119. The highest BCUT2D eigenvalue weighted by Crippen LogP contribution is 2.31. The van der Waals surface area contributed by atoms with Gasteiger partial charge in [0.25, 0.3) is 0 Å². The predicted molar refractivity (Wildman–Crippen MR) is 88.2 cm³/mol. The molecule has 0 aromatic carbocycles. The molecular weight excluding hydrogens is 290 g/mol. The van der Waals surface area contributed by atoms with Crippen LogP contribution < -0.4 is 5.73 Å². The first kappa shape index (κ1) is 15.7. The van der Waals surface area contributed by atoms with E-state index < -0.39 is 0 Å². The number of likely N-dealkylation sites (tertiary alicyclic amines) is 1. The first-order valence-electron chi connectivity index (χ1n) is 8.09. The van der Waals surface area contributed by atoms with Crippen molar-refractivity contribution in [1.29, 1.82) is 0 Å². The molecule has 1 aliphatic heterocycles. The van der Waals surface area contributed by atoms with Gasteiger partial charge in [0.15, 0.2) is 0 Å². The van der Waals surface area contributed by atoms with Gasteiger partial charge >= 0.3 is 0 Å². The number of nitrogens with zero attached hydrogens (tertiary/aromatic N) is 4. The molecule has 0 unspecified atom stereocenters. The van der Waals surface area contributed by atoms with Crippen molar-refractivity contribution in [3.8, 4) is 5.82 Å². The lowest BCUT2D eigenvalue weighted by atomic mass is 10.1. The highest BCUT2D eigenvalue weighted by Gasteiger charge is 2.28. The molecule has 1 saturated heterocycles. The number of carbonyl (C=O) groups is 1. The molecule has 1 amide bonds. The fourth-order valence-corrected chi connectivity index (χ4v) is 3.25. The summed E-state index contributed by atoms with van der Waals surface area (Å²) in [6.07, 6.45) is 5.81. The molecular formula is C17H23N5O. The fourth-order valence-electron chi connectivity index (χ4n) is 3.25. The molecule has 1 aliphatic rings. The summed E-state index contributed by atoms with van der Waals surface area (Å²) in [6.45, 7) is 5.42. The van der Waals surface area contributed by atoms with Crippen molar-refractivity contribution >= 4 is 5.91 Å². The summed E-state index contributed by atoms with van der Waals surface area (Å²) < 4.78 is 2.03. The minimum Gasteiger partial charge on any atom is -0.369 e. The average molecular weight is 313 g/mol. The van der Waals surface area contributed by atoms with Crippen molar-refractivity contribution in [3.05, 3.63) is 42.1 Å². The largest absolute Gasteiger partial charge is 0.369 e. The van der Waals surface area contributed by atoms with Crippen LogP contribution in [0.1, 0.15) is 50.2 Å². The number of amides is 1. The number of hydrogen-bond acceptors (Lipinski definition) is 4. The first-order chi connectivity index (χ1) is 11.1. The maximum Gasteiger partial charge on any atom is 0.231 e. The van der Waals surface area contributed by atoms with E-state index in [1.165, 1.54) is 0 Å². The Morgan fingerprint density at radius 1 is 1.43 bits per heavy atom. The average Bonchev–Trinajstić information content (AvgIpc) is 3.15.